The minimum atomic E-state index is -0.326. The van der Waals surface area contributed by atoms with E-state index < -0.39 is 0 Å². The molecule has 4 nitrogen and oxygen atoms in total. The van der Waals surface area contributed by atoms with E-state index in [0.29, 0.717) is 12.4 Å². The second-order valence-corrected chi connectivity index (χ2v) is 6.73. The lowest BCUT2D eigenvalue weighted by Gasteiger charge is -2.35. The van der Waals surface area contributed by atoms with Gasteiger partial charge in [-0.15, -0.1) is 11.3 Å². The minimum Gasteiger partial charge on any atom is -0.383 e. The third-order valence-corrected chi connectivity index (χ3v) is 4.98. The highest BCUT2D eigenvalue weighted by Crippen LogP contribution is 2.40. The van der Waals surface area contributed by atoms with Crippen molar-refractivity contribution in [1.82, 2.24) is 9.97 Å². The van der Waals surface area contributed by atoms with Gasteiger partial charge in [0.15, 0.2) is 5.82 Å². The third-order valence-electron chi connectivity index (χ3n) is 4.03. The maximum Gasteiger partial charge on any atom is 0.164 e. The Balaban J connectivity index is 2.10. The molecule has 0 atom stereocenters. The molecule has 1 fully saturated rings. The number of hydrogen-bond donors (Lipinski definition) is 1. The summed E-state index contributed by atoms with van der Waals surface area (Å²) in [6, 6.07) is 2.06. The highest BCUT2D eigenvalue weighted by Gasteiger charge is 2.38. The minimum absolute atomic E-state index is 0.326. The molecule has 0 saturated heterocycles. The van der Waals surface area contributed by atoms with Crippen LogP contribution in [0.2, 0.25) is 0 Å². The Kier molecular flexibility index (Phi) is 3.65. The first-order valence-electron chi connectivity index (χ1n) is 7.33. The first-order valence-corrected chi connectivity index (χ1v) is 8.14. The summed E-state index contributed by atoms with van der Waals surface area (Å²) in [5.41, 5.74) is 5.81. The number of fused-ring (bicyclic) bond motifs is 1. The van der Waals surface area contributed by atoms with Crippen molar-refractivity contribution in [3.8, 4) is 0 Å². The van der Waals surface area contributed by atoms with E-state index in [1.807, 2.05) is 6.92 Å². The van der Waals surface area contributed by atoms with Crippen molar-refractivity contribution in [3.63, 3.8) is 0 Å². The van der Waals surface area contributed by atoms with Crippen LogP contribution in [0.4, 0.5) is 5.82 Å². The van der Waals surface area contributed by atoms with Crippen LogP contribution in [0.15, 0.2) is 6.07 Å². The lowest BCUT2D eigenvalue weighted by Crippen LogP contribution is -2.34. The maximum atomic E-state index is 6.13. The second kappa shape index (κ2) is 5.30. The normalized spacial score (nSPS) is 18.5. The fraction of sp³-hybridized carbons (Fsp3) is 0.600. The molecule has 0 amide bonds. The summed E-state index contributed by atoms with van der Waals surface area (Å²) in [6.45, 7) is 4.79. The van der Waals surface area contributed by atoms with Gasteiger partial charge in [-0.05, 0) is 32.8 Å². The van der Waals surface area contributed by atoms with Crippen LogP contribution in [0.3, 0.4) is 0 Å². The van der Waals surface area contributed by atoms with Crippen LogP contribution in [0, 0.1) is 6.92 Å². The molecule has 2 aromatic rings. The van der Waals surface area contributed by atoms with Crippen LogP contribution in [0.5, 0.6) is 0 Å². The van der Waals surface area contributed by atoms with E-state index in [1.165, 1.54) is 24.1 Å². The summed E-state index contributed by atoms with van der Waals surface area (Å²) in [4.78, 5) is 11.5. The van der Waals surface area contributed by atoms with Gasteiger partial charge in [-0.25, -0.2) is 9.97 Å². The van der Waals surface area contributed by atoms with Crippen molar-refractivity contribution in [1.29, 1.82) is 0 Å². The Labute approximate surface area is 123 Å². The molecule has 5 heteroatoms. The average Bonchev–Trinajstić information content (AvgIpc) is 2.81. The lowest BCUT2D eigenvalue weighted by atomic mass is 9.84. The van der Waals surface area contributed by atoms with Gasteiger partial charge in [0.2, 0.25) is 0 Å². The summed E-state index contributed by atoms with van der Waals surface area (Å²) < 4.78 is 6.09. The van der Waals surface area contributed by atoms with Crippen molar-refractivity contribution in [2.45, 2.75) is 51.6 Å². The zero-order valence-corrected chi connectivity index (χ0v) is 12.9. The third kappa shape index (κ3) is 2.29. The molecule has 20 heavy (non-hydrogen) atoms. The van der Waals surface area contributed by atoms with E-state index in [4.69, 9.17) is 15.5 Å². The summed E-state index contributed by atoms with van der Waals surface area (Å²) in [5.74, 6) is 1.37. The molecule has 0 bridgehead atoms. The molecule has 0 unspecified atom stereocenters. The van der Waals surface area contributed by atoms with E-state index >= 15 is 0 Å². The largest absolute Gasteiger partial charge is 0.383 e. The number of ether oxygens (including phenoxy) is 1. The number of aromatic nitrogens is 2. The molecule has 108 valence electrons. The van der Waals surface area contributed by atoms with Gasteiger partial charge in [0.1, 0.15) is 16.2 Å². The molecule has 1 aliphatic carbocycles. The van der Waals surface area contributed by atoms with Gasteiger partial charge < -0.3 is 10.5 Å². The maximum absolute atomic E-state index is 6.13. The topological polar surface area (TPSA) is 61.0 Å². The highest BCUT2D eigenvalue weighted by molar-refractivity contribution is 7.18. The summed E-state index contributed by atoms with van der Waals surface area (Å²) in [5, 5.41) is 0.971. The van der Waals surface area contributed by atoms with Gasteiger partial charge >= 0.3 is 0 Å². The molecule has 1 aliphatic rings. The van der Waals surface area contributed by atoms with Crippen LogP contribution in [-0.4, -0.2) is 16.6 Å². The Hall–Kier alpha value is -1.20. The highest BCUT2D eigenvalue weighted by atomic mass is 32.1. The van der Waals surface area contributed by atoms with E-state index in [2.05, 4.69) is 18.0 Å². The second-order valence-electron chi connectivity index (χ2n) is 5.50. The Bertz CT molecular complexity index is 611. The zero-order valence-electron chi connectivity index (χ0n) is 12.1. The van der Waals surface area contributed by atoms with E-state index in [9.17, 15) is 0 Å². The van der Waals surface area contributed by atoms with Crippen molar-refractivity contribution >= 4 is 27.4 Å². The number of aryl methyl sites for hydroxylation is 1. The predicted octanol–water partition coefficient (Wildman–Crippen LogP) is 3.78. The van der Waals surface area contributed by atoms with E-state index in [0.717, 1.165) is 28.9 Å². The molecular weight excluding hydrogens is 270 g/mol. The molecule has 1 saturated carbocycles. The number of anilines is 1. The van der Waals surface area contributed by atoms with Crippen molar-refractivity contribution in [3.05, 3.63) is 16.8 Å². The molecule has 2 N–H and O–H groups in total. The molecular formula is C15H21N3OS. The number of rotatable bonds is 3. The summed E-state index contributed by atoms with van der Waals surface area (Å²) in [7, 11) is 0. The van der Waals surface area contributed by atoms with Gasteiger partial charge in [0.25, 0.3) is 0 Å². The van der Waals surface area contributed by atoms with Crippen LogP contribution in [0.25, 0.3) is 10.2 Å². The molecule has 0 radical (unpaired) electrons. The first kappa shape index (κ1) is 13.8. The monoisotopic (exact) mass is 291 g/mol. The molecule has 2 aromatic heterocycles. The van der Waals surface area contributed by atoms with Crippen LogP contribution in [0.1, 0.15) is 49.7 Å². The molecule has 0 aromatic carbocycles. The van der Waals surface area contributed by atoms with Crippen LogP contribution >= 0.6 is 11.3 Å². The quantitative estimate of drug-likeness (QED) is 0.935. The predicted molar refractivity (Wildman–Crippen MR) is 83.0 cm³/mol. The fourth-order valence-corrected chi connectivity index (χ4v) is 3.99. The zero-order chi connectivity index (χ0) is 14.2. The lowest BCUT2D eigenvalue weighted by molar-refractivity contribution is -0.0763. The smallest absolute Gasteiger partial charge is 0.164 e. The molecule has 0 spiro atoms. The standard InChI is InChI=1S/C15H21N3OS/c1-3-19-15(7-5-4-6-8-15)14-17-12(16)11-9-10(2)20-13(11)18-14/h9H,3-8H2,1-2H3,(H2,16,17,18). The van der Waals surface area contributed by atoms with E-state index in [1.54, 1.807) is 11.3 Å². The summed E-state index contributed by atoms with van der Waals surface area (Å²) >= 11 is 1.67. The number of nitrogen functional groups attached to an aromatic ring is 1. The Morgan fingerprint density at radius 3 is 2.75 bits per heavy atom. The molecule has 0 aliphatic heterocycles. The van der Waals surface area contributed by atoms with Crippen LogP contribution < -0.4 is 5.73 Å². The summed E-state index contributed by atoms with van der Waals surface area (Å²) in [6.07, 6.45) is 5.60. The van der Waals surface area contributed by atoms with Crippen LogP contribution in [-0.2, 0) is 10.3 Å². The number of nitrogens with zero attached hydrogens (tertiary/aromatic N) is 2. The Morgan fingerprint density at radius 2 is 2.05 bits per heavy atom. The first-order chi connectivity index (χ1) is 9.64. The number of thiophene rings is 1. The van der Waals surface area contributed by atoms with Crippen molar-refractivity contribution in [2.24, 2.45) is 0 Å². The van der Waals surface area contributed by atoms with Gasteiger partial charge in [-0.2, -0.15) is 0 Å². The molecule has 2 heterocycles. The van der Waals surface area contributed by atoms with Gasteiger partial charge in [-0.3, -0.25) is 0 Å². The van der Waals surface area contributed by atoms with Crippen molar-refractivity contribution < 1.29 is 4.74 Å². The van der Waals surface area contributed by atoms with E-state index in [-0.39, 0.29) is 5.60 Å². The Morgan fingerprint density at radius 1 is 1.30 bits per heavy atom. The fourth-order valence-electron chi connectivity index (χ4n) is 3.10. The van der Waals surface area contributed by atoms with Crippen molar-refractivity contribution in [2.75, 3.05) is 12.3 Å². The molecule has 3 rings (SSSR count). The number of nitrogens with two attached hydrogens (primary N) is 1. The SMILES string of the molecule is CCOC1(c2nc(N)c3cc(C)sc3n2)CCCCC1. The number of hydrogen-bond acceptors (Lipinski definition) is 5. The van der Waals surface area contributed by atoms with Gasteiger partial charge in [-0.1, -0.05) is 19.3 Å². The van der Waals surface area contributed by atoms with Gasteiger partial charge in [0.05, 0.1) is 5.39 Å². The average molecular weight is 291 g/mol. The van der Waals surface area contributed by atoms with Gasteiger partial charge in [0, 0.05) is 11.5 Å².